The topological polar surface area (TPSA) is 123 Å². The number of esters is 2. The molecule has 0 fully saturated rings. The van der Waals surface area contributed by atoms with Crippen LogP contribution in [0.15, 0.2) is 18.2 Å². The second-order valence-electron chi connectivity index (χ2n) is 15.3. The highest BCUT2D eigenvalue weighted by Gasteiger charge is 2.42. The van der Waals surface area contributed by atoms with E-state index in [0.717, 1.165) is 16.0 Å². The summed E-state index contributed by atoms with van der Waals surface area (Å²) in [5, 5.41) is 6.32. The third-order valence-electron chi connectivity index (χ3n) is 8.09. The van der Waals surface area contributed by atoms with E-state index in [9.17, 15) is 19.2 Å². The predicted molar refractivity (Wildman–Crippen MR) is 177 cm³/mol. The van der Waals surface area contributed by atoms with Gasteiger partial charge in [0, 0.05) is 30.6 Å². The van der Waals surface area contributed by atoms with Crippen LogP contribution in [0.2, 0.25) is 18.1 Å². The summed E-state index contributed by atoms with van der Waals surface area (Å²) in [7, 11) is -2.17. The predicted octanol–water partition coefficient (Wildman–Crippen LogP) is 6.04. The van der Waals surface area contributed by atoms with Gasteiger partial charge in [-0.05, 0) is 83.3 Å². The van der Waals surface area contributed by atoms with Crippen molar-refractivity contribution in [2.24, 2.45) is 0 Å². The van der Waals surface area contributed by atoms with Crippen LogP contribution in [0.1, 0.15) is 99.0 Å². The summed E-state index contributed by atoms with van der Waals surface area (Å²) in [6, 6.07) is 5.63. The Labute approximate surface area is 271 Å². The molecule has 0 saturated heterocycles. The van der Waals surface area contributed by atoms with Crippen molar-refractivity contribution in [3.63, 3.8) is 0 Å². The van der Waals surface area contributed by atoms with E-state index in [2.05, 4.69) is 44.5 Å². The Kier molecular flexibility index (Phi) is 9.38. The lowest BCUT2D eigenvalue weighted by molar-refractivity contribution is -0.161. The number of hydrogen-bond donors (Lipinski definition) is 2. The minimum absolute atomic E-state index is 0.0155. The van der Waals surface area contributed by atoms with E-state index in [1.165, 1.54) is 11.3 Å². The largest absolute Gasteiger partial charge is 0.543 e. The van der Waals surface area contributed by atoms with Gasteiger partial charge in [-0.3, -0.25) is 9.59 Å². The van der Waals surface area contributed by atoms with Crippen LogP contribution < -0.4 is 15.1 Å². The Morgan fingerprint density at radius 2 is 1.67 bits per heavy atom. The highest BCUT2D eigenvalue weighted by Crippen LogP contribution is 2.41. The molecular weight excluding hydrogens is 611 g/mol. The molecule has 0 aliphatic carbocycles. The first-order valence-corrected chi connectivity index (χ1v) is 19.0. The second kappa shape index (κ2) is 12.2. The van der Waals surface area contributed by atoms with Crippen LogP contribution in [0.5, 0.6) is 5.75 Å². The van der Waals surface area contributed by atoms with E-state index >= 15 is 0 Å². The molecule has 10 nitrogen and oxygen atoms in total. The molecule has 2 aliphatic rings. The Bertz CT molecular complexity index is 1510. The van der Waals surface area contributed by atoms with E-state index < -0.39 is 37.4 Å². The van der Waals surface area contributed by atoms with E-state index in [0.29, 0.717) is 37.4 Å². The van der Waals surface area contributed by atoms with Crippen LogP contribution >= 0.6 is 11.3 Å². The third-order valence-corrected chi connectivity index (χ3v) is 13.6. The van der Waals surface area contributed by atoms with Gasteiger partial charge < -0.3 is 29.4 Å². The Balaban J connectivity index is 1.57. The van der Waals surface area contributed by atoms with E-state index in [1.54, 1.807) is 41.5 Å². The molecule has 1 unspecified atom stereocenters. The zero-order valence-corrected chi connectivity index (χ0v) is 30.2. The molecule has 45 heavy (non-hydrogen) atoms. The number of rotatable bonds is 6. The molecule has 1 atom stereocenters. The Morgan fingerprint density at radius 3 is 2.27 bits per heavy atom. The first-order valence-electron chi connectivity index (χ1n) is 15.3. The maximum atomic E-state index is 13.8. The Hall–Kier alpha value is -3.22. The van der Waals surface area contributed by atoms with Gasteiger partial charge in [0.1, 0.15) is 22.0 Å². The van der Waals surface area contributed by atoms with Crippen LogP contribution in [0.25, 0.3) is 0 Å². The fourth-order valence-electron chi connectivity index (χ4n) is 4.98. The summed E-state index contributed by atoms with van der Waals surface area (Å²) in [6.45, 7) is 22.5. The van der Waals surface area contributed by atoms with Gasteiger partial charge in [0.05, 0.1) is 11.1 Å². The van der Waals surface area contributed by atoms with E-state index in [-0.39, 0.29) is 27.6 Å². The number of carbonyl (C=O) groups is 4. The van der Waals surface area contributed by atoms with Gasteiger partial charge in [-0.2, -0.15) is 0 Å². The number of ether oxygens (including phenoxy) is 2. The smallest absolute Gasteiger partial charge is 0.397 e. The molecule has 0 radical (unpaired) electrons. The van der Waals surface area contributed by atoms with Gasteiger partial charge in [-0.1, -0.05) is 32.9 Å². The van der Waals surface area contributed by atoms with Gasteiger partial charge >= 0.3 is 17.8 Å². The highest BCUT2D eigenvalue weighted by atomic mass is 32.1. The minimum atomic E-state index is -2.17. The van der Waals surface area contributed by atoms with Gasteiger partial charge in [0.2, 0.25) is 0 Å². The van der Waals surface area contributed by atoms with E-state index in [1.807, 2.05) is 23.1 Å². The third kappa shape index (κ3) is 7.96. The minimum Gasteiger partial charge on any atom is -0.543 e. The zero-order chi connectivity index (χ0) is 33.7. The number of carbonyl (C=O) groups excluding carboxylic acids is 4. The second-order valence-corrected chi connectivity index (χ2v) is 21.1. The molecule has 1 aromatic carbocycles. The zero-order valence-electron chi connectivity index (χ0n) is 28.4. The van der Waals surface area contributed by atoms with Gasteiger partial charge in [-0.15, -0.1) is 11.3 Å². The van der Waals surface area contributed by atoms with Crippen molar-refractivity contribution in [2.45, 2.75) is 117 Å². The van der Waals surface area contributed by atoms with Gasteiger partial charge in [0.25, 0.3) is 14.2 Å². The SMILES string of the molecule is CC(C)(C)OC(=O)C(=O)Nc1sc2c(c1C(=O)OC(C)(C)C)CC(CN1Cc3cccc(O[Si](C)(C)C(C)(C)C)c3C1=O)NC2. The van der Waals surface area contributed by atoms with Crippen LogP contribution in [-0.2, 0) is 38.6 Å². The molecule has 246 valence electrons. The monoisotopic (exact) mass is 657 g/mol. The number of amides is 2. The van der Waals surface area contributed by atoms with Crippen molar-refractivity contribution in [3.8, 4) is 5.75 Å². The van der Waals surface area contributed by atoms with Crippen molar-refractivity contribution in [2.75, 3.05) is 11.9 Å². The average Bonchev–Trinajstić information content (AvgIpc) is 3.38. The van der Waals surface area contributed by atoms with Crippen molar-refractivity contribution in [3.05, 3.63) is 45.3 Å². The van der Waals surface area contributed by atoms with Gasteiger partial charge in [-0.25, -0.2) is 9.59 Å². The maximum Gasteiger partial charge on any atom is 0.397 e. The molecule has 1 aromatic heterocycles. The number of benzene rings is 1. The molecule has 0 saturated carbocycles. The molecule has 0 spiro atoms. The quantitative estimate of drug-likeness (QED) is 0.219. The maximum absolute atomic E-state index is 13.8. The molecule has 4 rings (SSSR count). The number of fused-ring (bicyclic) bond motifs is 2. The molecule has 2 amide bonds. The number of nitrogens with one attached hydrogen (secondary N) is 2. The molecule has 2 aromatic rings. The van der Waals surface area contributed by atoms with Crippen molar-refractivity contribution < 1.29 is 33.1 Å². The first-order chi connectivity index (χ1) is 20.6. The fraction of sp³-hybridized carbons (Fsp3) is 0.576. The average molecular weight is 658 g/mol. The molecule has 2 aliphatic heterocycles. The first kappa shape index (κ1) is 34.6. The molecule has 0 bridgehead atoms. The Morgan fingerprint density at radius 1 is 1.02 bits per heavy atom. The fourth-order valence-corrected chi connectivity index (χ4v) is 7.17. The molecule has 2 N–H and O–H groups in total. The van der Waals surface area contributed by atoms with Crippen LogP contribution in [0.3, 0.4) is 0 Å². The lowest BCUT2D eigenvalue weighted by Gasteiger charge is -2.36. The lowest BCUT2D eigenvalue weighted by Crippen LogP contribution is -2.45. The molecular formula is C33H47N3O7SSi. The van der Waals surface area contributed by atoms with Crippen molar-refractivity contribution in [1.82, 2.24) is 10.2 Å². The normalized spacial score (nSPS) is 17.0. The van der Waals surface area contributed by atoms with Crippen molar-refractivity contribution in [1.29, 1.82) is 0 Å². The summed E-state index contributed by atoms with van der Waals surface area (Å²) < 4.78 is 17.5. The molecule has 3 heterocycles. The summed E-state index contributed by atoms with van der Waals surface area (Å²) in [5.41, 5.74) is 0.903. The van der Waals surface area contributed by atoms with Crippen LogP contribution in [-0.4, -0.2) is 60.8 Å². The molecule has 12 heteroatoms. The summed E-state index contributed by atoms with van der Waals surface area (Å²) >= 11 is 1.23. The highest BCUT2D eigenvalue weighted by molar-refractivity contribution is 7.17. The summed E-state index contributed by atoms with van der Waals surface area (Å²) in [4.78, 5) is 55.1. The standard InChI is InChI=1S/C33H47N3O7SSi/c1-31(2,3)41-29(39)25-21-15-20(34-16-23(21)44-27(25)35-26(37)30(40)42-32(4,5)6)18-36-17-19-13-12-14-22(24(19)28(36)38)43-45(10,11)33(7,8)9/h12-14,20,34H,15-18H2,1-11H3,(H,35,37). The van der Waals surface area contributed by atoms with Crippen LogP contribution in [0, 0.1) is 0 Å². The summed E-state index contributed by atoms with van der Waals surface area (Å²) in [5.74, 6) is -2.02. The number of hydrogen-bond acceptors (Lipinski definition) is 9. The van der Waals surface area contributed by atoms with Crippen LogP contribution in [0.4, 0.5) is 5.00 Å². The lowest BCUT2D eigenvalue weighted by atomic mass is 9.97. The number of anilines is 1. The van der Waals surface area contributed by atoms with Crippen molar-refractivity contribution >= 4 is 48.4 Å². The van der Waals surface area contributed by atoms with Gasteiger partial charge in [0.15, 0.2) is 0 Å². The number of thiophene rings is 1. The summed E-state index contributed by atoms with van der Waals surface area (Å²) in [6.07, 6.45) is 0.427. The van der Waals surface area contributed by atoms with E-state index in [4.69, 9.17) is 13.9 Å². The number of nitrogens with zero attached hydrogens (tertiary/aromatic N) is 1.